The second-order valence-electron chi connectivity index (χ2n) is 5.45. The molecule has 98 valence electrons. The minimum absolute atomic E-state index is 0.191. The van der Waals surface area contributed by atoms with Gasteiger partial charge in [-0.3, -0.25) is 9.69 Å². The lowest BCUT2D eigenvalue weighted by molar-refractivity contribution is -0.142. The van der Waals surface area contributed by atoms with Gasteiger partial charge in [-0.25, -0.2) is 0 Å². The predicted molar refractivity (Wildman–Crippen MR) is 64.1 cm³/mol. The van der Waals surface area contributed by atoms with Crippen LogP contribution in [-0.4, -0.2) is 33.2 Å². The van der Waals surface area contributed by atoms with Crippen LogP contribution in [-0.2, 0) is 11.3 Å². The first-order chi connectivity index (χ1) is 8.58. The van der Waals surface area contributed by atoms with Crippen LogP contribution in [0.1, 0.15) is 36.3 Å². The molecule has 3 unspecified atom stereocenters. The fourth-order valence-corrected chi connectivity index (χ4v) is 3.52. The summed E-state index contributed by atoms with van der Waals surface area (Å²) in [4.78, 5) is 13.6. The zero-order valence-corrected chi connectivity index (χ0v) is 10.7. The highest BCUT2D eigenvalue weighted by Gasteiger charge is 2.49. The van der Waals surface area contributed by atoms with E-state index in [9.17, 15) is 9.90 Å². The van der Waals surface area contributed by atoms with Crippen LogP contribution in [0.5, 0.6) is 0 Å². The number of carbonyl (C=O) groups is 1. The van der Waals surface area contributed by atoms with E-state index in [1.54, 1.807) is 0 Å². The van der Waals surface area contributed by atoms with Gasteiger partial charge in [0, 0.05) is 24.2 Å². The van der Waals surface area contributed by atoms with E-state index in [-0.39, 0.29) is 12.0 Å². The third-order valence-electron chi connectivity index (χ3n) is 4.52. The molecule has 0 amide bonds. The van der Waals surface area contributed by atoms with Gasteiger partial charge in [0.15, 0.2) is 0 Å². The second-order valence-corrected chi connectivity index (χ2v) is 5.45. The number of aryl methyl sites for hydroxylation is 2. The molecule has 2 aliphatic heterocycles. The van der Waals surface area contributed by atoms with E-state index < -0.39 is 5.97 Å². The lowest BCUT2D eigenvalue weighted by Crippen LogP contribution is -2.32. The van der Waals surface area contributed by atoms with Crippen molar-refractivity contribution in [2.75, 3.05) is 0 Å². The van der Waals surface area contributed by atoms with Crippen LogP contribution in [0.15, 0.2) is 4.52 Å². The predicted octanol–water partition coefficient (Wildman–Crippen LogP) is 1.73. The molecule has 3 atom stereocenters. The SMILES string of the molecule is Cc1noc(C)c1CN1C2CCC1C(C(=O)O)C2. The van der Waals surface area contributed by atoms with Crippen molar-refractivity contribution in [3.63, 3.8) is 0 Å². The summed E-state index contributed by atoms with van der Waals surface area (Å²) >= 11 is 0. The normalized spacial score (nSPS) is 31.1. The third-order valence-corrected chi connectivity index (χ3v) is 4.52. The topological polar surface area (TPSA) is 66.6 Å². The van der Waals surface area contributed by atoms with Crippen LogP contribution in [0.25, 0.3) is 0 Å². The van der Waals surface area contributed by atoms with Crippen LogP contribution < -0.4 is 0 Å². The van der Waals surface area contributed by atoms with Gasteiger partial charge in [-0.2, -0.15) is 0 Å². The number of hydrogen-bond donors (Lipinski definition) is 1. The van der Waals surface area contributed by atoms with Crippen molar-refractivity contribution in [3.8, 4) is 0 Å². The van der Waals surface area contributed by atoms with Gasteiger partial charge in [0.05, 0.1) is 11.6 Å². The van der Waals surface area contributed by atoms with Gasteiger partial charge in [-0.1, -0.05) is 5.16 Å². The van der Waals surface area contributed by atoms with Crippen molar-refractivity contribution >= 4 is 5.97 Å². The fourth-order valence-electron chi connectivity index (χ4n) is 3.52. The van der Waals surface area contributed by atoms with Gasteiger partial charge in [-0.05, 0) is 33.1 Å². The molecule has 2 aliphatic rings. The van der Waals surface area contributed by atoms with Crippen molar-refractivity contribution in [1.82, 2.24) is 10.1 Å². The van der Waals surface area contributed by atoms with Crippen LogP contribution >= 0.6 is 0 Å². The number of nitrogens with zero attached hydrogens (tertiary/aromatic N) is 2. The van der Waals surface area contributed by atoms with Gasteiger partial charge >= 0.3 is 5.97 Å². The van der Waals surface area contributed by atoms with Gasteiger partial charge in [0.25, 0.3) is 0 Å². The summed E-state index contributed by atoms with van der Waals surface area (Å²) in [7, 11) is 0. The number of hydrogen-bond acceptors (Lipinski definition) is 4. The van der Waals surface area contributed by atoms with Crippen LogP contribution in [0, 0.1) is 19.8 Å². The molecule has 3 heterocycles. The fraction of sp³-hybridized carbons (Fsp3) is 0.692. The van der Waals surface area contributed by atoms with Gasteiger partial charge in [0.1, 0.15) is 5.76 Å². The summed E-state index contributed by atoms with van der Waals surface area (Å²) < 4.78 is 5.18. The molecule has 1 aromatic rings. The maximum Gasteiger partial charge on any atom is 0.308 e. The molecule has 5 heteroatoms. The highest BCUT2D eigenvalue weighted by atomic mass is 16.5. The highest BCUT2D eigenvalue weighted by Crippen LogP contribution is 2.43. The van der Waals surface area contributed by atoms with E-state index in [1.807, 2.05) is 13.8 Å². The van der Waals surface area contributed by atoms with E-state index in [2.05, 4.69) is 10.1 Å². The van der Waals surface area contributed by atoms with Gasteiger partial charge < -0.3 is 9.63 Å². The summed E-state index contributed by atoms with van der Waals surface area (Å²) in [6.07, 6.45) is 2.92. The molecule has 3 rings (SSSR count). The lowest BCUT2D eigenvalue weighted by atomic mass is 9.89. The molecule has 2 bridgehead atoms. The molecule has 0 aliphatic carbocycles. The maximum atomic E-state index is 11.2. The molecule has 5 nitrogen and oxygen atoms in total. The molecular formula is C13H18N2O3. The van der Waals surface area contributed by atoms with Crippen LogP contribution in [0.2, 0.25) is 0 Å². The molecule has 2 saturated heterocycles. The summed E-state index contributed by atoms with van der Waals surface area (Å²) in [6.45, 7) is 4.64. The van der Waals surface area contributed by atoms with Gasteiger partial charge in [-0.15, -0.1) is 0 Å². The highest BCUT2D eigenvalue weighted by molar-refractivity contribution is 5.71. The number of carboxylic acid groups (broad SMARTS) is 1. The average Bonchev–Trinajstić information content (AvgIpc) is 2.98. The summed E-state index contributed by atoms with van der Waals surface area (Å²) in [5.41, 5.74) is 2.05. The van der Waals surface area contributed by atoms with Gasteiger partial charge in [0.2, 0.25) is 0 Å². The summed E-state index contributed by atoms with van der Waals surface area (Å²) in [6, 6.07) is 0.617. The van der Waals surface area contributed by atoms with E-state index in [4.69, 9.17) is 4.52 Å². The Morgan fingerprint density at radius 1 is 1.50 bits per heavy atom. The first kappa shape index (κ1) is 11.7. The van der Waals surface area contributed by atoms with E-state index in [0.29, 0.717) is 6.04 Å². The zero-order valence-electron chi connectivity index (χ0n) is 10.7. The molecule has 0 saturated carbocycles. The van der Waals surface area contributed by atoms with Crippen LogP contribution in [0.3, 0.4) is 0 Å². The Balaban J connectivity index is 1.81. The molecule has 1 aromatic heterocycles. The number of carboxylic acids is 1. The quantitative estimate of drug-likeness (QED) is 0.885. The minimum atomic E-state index is -0.647. The monoisotopic (exact) mass is 250 g/mol. The number of aliphatic carboxylic acids is 1. The molecule has 18 heavy (non-hydrogen) atoms. The Bertz CT molecular complexity index is 463. The molecular weight excluding hydrogens is 232 g/mol. The Labute approximate surface area is 106 Å². The zero-order chi connectivity index (χ0) is 12.9. The van der Waals surface area contributed by atoms with Crippen molar-refractivity contribution in [1.29, 1.82) is 0 Å². The van der Waals surface area contributed by atoms with E-state index in [0.717, 1.165) is 42.8 Å². The largest absolute Gasteiger partial charge is 0.481 e. The van der Waals surface area contributed by atoms with E-state index >= 15 is 0 Å². The first-order valence-corrected chi connectivity index (χ1v) is 6.48. The van der Waals surface area contributed by atoms with Crippen molar-refractivity contribution in [3.05, 3.63) is 17.0 Å². The molecule has 2 fully saturated rings. The Morgan fingerprint density at radius 2 is 2.28 bits per heavy atom. The van der Waals surface area contributed by atoms with Crippen molar-refractivity contribution in [2.24, 2.45) is 5.92 Å². The standard InChI is InChI=1S/C13H18N2O3/c1-7-11(8(2)18-14-7)6-15-9-3-4-12(15)10(5-9)13(16)17/h9-10,12H,3-6H2,1-2H3,(H,16,17). The average molecular weight is 250 g/mol. The summed E-state index contributed by atoms with van der Waals surface area (Å²) in [5.74, 6) is 0.0147. The number of aromatic nitrogens is 1. The minimum Gasteiger partial charge on any atom is -0.481 e. The molecule has 0 aromatic carbocycles. The van der Waals surface area contributed by atoms with Crippen LogP contribution in [0.4, 0.5) is 0 Å². The van der Waals surface area contributed by atoms with Crippen molar-refractivity contribution in [2.45, 2.75) is 51.7 Å². The Hall–Kier alpha value is -1.36. The number of fused-ring (bicyclic) bond motifs is 2. The second kappa shape index (κ2) is 4.09. The number of rotatable bonds is 3. The van der Waals surface area contributed by atoms with E-state index in [1.165, 1.54) is 0 Å². The first-order valence-electron chi connectivity index (χ1n) is 6.48. The molecule has 0 spiro atoms. The Morgan fingerprint density at radius 3 is 2.83 bits per heavy atom. The molecule has 0 radical (unpaired) electrons. The molecule has 1 N–H and O–H groups in total. The third kappa shape index (κ3) is 1.65. The maximum absolute atomic E-state index is 11.2. The lowest BCUT2D eigenvalue weighted by Gasteiger charge is -2.22. The summed E-state index contributed by atoms with van der Waals surface area (Å²) in [5, 5.41) is 13.2. The van der Waals surface area contributed by atoms with Crippen molar-refractivity contribution < 1.29 is 14.4 Å². The smallest absolute Gasteiger partial charge is 0.308 e. The Kier molecular flexibility index (Phi) is 2.66.